The number of Topliss-reactive ketones (excluding diaryl/α,β-unsaturated/α-hetero) is 1. The number of thiophene rings is 1. The second-order valence-corrected chi connectivity index (χ2v) is 9.14. The summed E-state index contributed by atoms with van der Waals surface area (Å²) in [5, 5.41) is 13.2. The van der Waals surface area contributed by atoms with E-state index >= 15 is 0 Å². The summed E-state index contributed by atoms with van der Waals surface area (Å²) in [5.74, 6) is -1.34. The number of anilines is 1. The summed E-state index contributed by atoms with van der Waals surface area (Å²) in [7, 11) is 0. The maximum atomic E-state index is 13.2. The summed E-state index contributed by atoms with van der Waals surface area (Å²) in [6.07, 6.45) is 4.33. The number of fused-ring (bicyclic) bond motifs is 1. The van der Waals surface area contributed by atoms with Gasteiger partial charge in [-0.05, 0) is 72.9 Å². The Kier molecular flexibility index (Phi) is 4.98. The van der Waals surface area contributed by atoms with Gasteiger partial charge in [-0.3, -0.25) is 14.5 Å². The molecule has 0 saturated carbocycles. The fourth-order valence-electron chi connectivity index (χ4n) is 4.67. The fraction of sp³-hybridized carbons (Fsp3) is 0.231. The van der Waals surface area contributed by atoms with Crippen molar-refractivity contribution in [3.63, 3.8) is 0 Å². The molecule has 0 radical (unpaired) electrons. The van der Waals surface area contributed by atoms with Gasteiger partial charge in [-0.2, -0.15) is 0 Å². The molecule has 1 aliphatic carbocycles. The number of hydrogen-bond acceptors (Lipinski definition) is 4. The molecule has 1 N–H and O–H groups in total. The van der Waals surface area contributed by atoms with Crippen molar-refractivity contribution in [2.24, 2.45) is 0 Å². The number of ketones is 1. The first kappa shape index (κ1) is 19.8. The Morgan fingerprint density at radius 3 is 2.52 bits per heavy atom. The highest BCUT2D eigenvalue weighted by Crippen LogP contribution is 2.44. The van der Waals surface area contributed by atoms with E-state index in [1.807, 2.05) is 66.9 Å². The van der Waals surface area contributed by atoms with Gasteiger partial charge in [0.25, 0.3) is 11.7 Å². The Morgan fingerprint density at radius 2 is 1.77 bits per heavy atom. The second kappa shape index (κ2) is 7.82. The number of carbonyl (C=O) groups is 2. The quantitative estimate of drug-likeness (QED) is 0.337. The van der Waals surface area contributed by atoms with Gasteiger partial charge >= 0.3 is 0 Å². The molecule has 2 aromatic carbocycles. The second-order valence-electron chi connectivity index (χ2n) is 8.16. The average molecular weight is 430 g/mol. The van der Waals surface area contributed by atoms with Crippen LogP contribution in [0.1, 0.15) is 46.0 Å². The zero-order valence-corrected chi connectivity index (χ0v) is 18.1. The van der Waals surface area contributed by atoms with E-state index in [9.17, 15) is 14.7 Å². The number of amides is 1. The largest absolute Gasteiger partial charge is 0.507 e. The molecule has 2 aliphatic rings. The average Bonchev–Trinajstić information content (AvgIpc) is 3.41. The van der Waals surface area contributed by atoms with Crippen LogP contribution in [0, 0.1) is 6.92 Å². The number of para-hydroxylation sites is 1. The summed E-state index contributed by atoms with van der Waals surface area (Å²) >= 11 is 1.48. The first-order valence-corrected chi connectivity index (χ1v) is 11.5. The lowest BCUT2D eigenvalue weighted by Crippen LogP contribution is -2.29. The van der Waals surface area contributed by atoms with Crippen LogP contribution in [0.5, 0.6) is 0 Å². The molecular formula is C26H23NO3S. The topological polar surface area (TPSA) is 57.6 Å². The minimum Gasteiger partial charge on any atom is -0.507 e. The molecule has 5 rings (SSSR count). The minimum absolute atomic E-state index is 0.0961. The van der Waals surface area contributed by atoms with Crippen LogP contribution in [0.3, 0.4) is 0 Å². The van der Waals surface area contributed by atoms with Crippen LogP contribution in [-0.4, -0.2) is 16.8 Å². The first-order chi connectivity index (χ1) is 15.1. The molecule has 0 spiro atoms. The molecule has 156 valence electrons. The predicted molar refractivity (Wildman–Crippen MR) is 123 cm³/mol. The Labute approximate surface area is 185 Å². The molecule has 31 heavy (non-hydrogen) atoms. The van der Waals surface area contributed by atoms with Crippen LogP contribution in [0.25, 0.3) is 5.76 Å². The molecule has 3 aromatic rings. The SMILES string of the molecule is Cc1ccccc1N1C(=O)C(=O)/C(=C(\O)c2ccc3c(c2)CCCC3)C1c1cccs1. The van der Waals surface area contributed by atoms with Crippen LogP contribution in [0.4, 0.5) is 5.69 Å². The number of aliphatic hydroxyl groups excluding tert-OH is 1. The van der Waals surface area contributed by atoms with Crippen molar-refractivity contribution in [2.75, 3.05) is 4.90 Å². The normalized spacial score (nSPS) is 20.2. The number of carbonyl (C=O) groups excluding carboxylic acids is 2. The molecule has 1 aliphatic heterocycles. The molecule has 5 heteroatoms. The number of rotatable bonds is 3. The summed E-state index contributed by atoms with van der Waals surface area (Å²) in [6.45, 7) is 1.92. The van der Waals surface area contributed by atoms with Crippen LogP contribution in [-0.2, 0) is 22.4 Å². The van der Waals surface area contributed by atoms with Gasteiger partial charge in [-0.25, -0.2) is 0 Å². The number of benzene rings is 2. The van der Waals surface area contributed by atoms with E-state index in [0.29, 0.717) is 11.3 Å². The van der Waals surface area contributed by atoms with Crippen molar-refractivity contribution in [3.05, 3.63) is 92.7 Å². The molecule has 0 bridgehead atoms. The van der Waals surface area contributed by atoms with Crippen LogP contribution >= 0.6 is 11.3 Å². The number of nitrogens with zero attached hydrogens (tertiary/aromatic N) is 1. The van der Waals surface area contributed by atoms with E-state index in [2.05, 4.69) is 0 Å². The van der Waals surface area contributed by atoms with Crippen molar-refractivity contribution in [1.29, 1.82) is 0 Å². The van der Waals surface area contributed by atoms with Crippen LogP contribution in [0.15, 0.2) is 65.6 Å². The highest BCUT2D eigenvalue weighted by molar-refractivity contribution is 7.10. The molecular weight excluding hydrogens is 406 g/mol. The number of aryl methyl sites for hydroxylation is 3. The maximum absolute atomic E-state index is 13.2. The van der Waals surface area contributed by atoms with Crippen LogP contribution < -0.4 is 4.90 Å². The van der Waals surface area contributed by atoms with E-state index in [4.69, 9.17) is 0 Å². The zero-order valence-electron chi connectivity index (χ0n) is 17.3. The fourth-order valence-corrected chi connectivity index (χ4v) is 5.49. The number of hydrogen-bond donors (Lipinski definition) is 1. The van der Waals surface area contributed by atoms with Gasteiger partial charge in [0.15, 0.2) is 0 Å². The third-order valence-electron chi connectivity index (χ3n) is 6.25. The van der Waals surface area contributed by atoms with Crippen molar-refractivity contribution >= 4 is 34.5 Å². The minimum atomic E-state index is -0.642. The van der Waals surface area contributed by atoms with E-state index in [1.54, 1.807) is 0 Å². The highest BCUT2D eigenvalue weighted by Gasteiger charge is 2.47. The van der Waals surface area contributed by atoms with Gasteiger partial charge in [-0.1, -0.05) is 36.4 Å². The maximum Gasteiger partial charge on any atom is 0.300 e. The standard InChI is InChI=1S/C26H23NO3S/c1-16-7-2-5-10-20(16)27-23(21-11-6-14-31-21)22(25(29)26(27)30)24(28)19-13-12-17-8-3-4-9-18(17)15-19/h2,5-7,10-15,23,28H,3-4,8-9H2,1H3/b24-22-. The summed E-state index contributed by atoms with van der Waals surface area (Å²) in [4.78, 5) is 28.8. The first-order valence-electron chi connectivity index (χ1n) is 10.6. The van der Waals surface area contributed by atoms with Gasteiger partial charge in [0, 0.05) is 16.1 Å². The molecule has 1 saturated heterocycles. The zero-order chi connectivity index (χ0) is 21.5. The van der Waals surface area contributed by atoms with Crippen LogP contribution in [0.2, 0.25) is 0 Å². The molecule has 1 unspecified atom stereocenters. The molecule has 1 aromatic heterocycles. The van der Waals surface area contributed by atoms with E-state index < -0.39 is 17.7 Å². The Morgan fingerprint density at radius 1 is 1.00 bits per heavy atom. The molecule has 1 atom stereocenters. The summed E-state index contributed by atoms with van der Waals surface area (Å²) in [6, 6.07) is 16.6. The Hall–Kier alpha value is -3.18. The van der Waals surface area contributed by atoms with Gasteiger partial charge in [0.2, 0.25) is 0 Å². The summed E-state index contributed by atoms with van der Waals surface area (Å²) < 4.78 is 0. The van der Waals surface area contributed by atoms with Gasteiger partial charge in [0.1, 0.15) is 11.8 Å². The van der Waals surface area contributed by atoms with E-state index in [1.165, 1.54) is 33.8 Å². The highest BCUT2D eigenvalue weighted by atomic mass is 32.1. The Bertz CT molecular complexity index is 1210. The van der Waals surface area contributed by atoms with E-state index in [0.717, 1.165) is 29.7 Å². The van der Waals surface area contributed by atoms with Crippen molar-refractivity contribution in [2.45, 2.75) is 38.6 Å². The molecule has 1 amide bonds. The van der Waals surface area contributed by atoms with Gasteiger partial charge in [-0.15, -0.1) is 11.3 Å². The predicted octanol–water partition coefficient (Wildman–Crippen LogP) is 5.56. The monoisotopic (exact) mass is 429 g/mol. The van der Waals surface area contributed by atoms with Crippen molar-refractivity contribution in [1.82, 2.24) is 0 Å². The van der Waals surface area contributed by atoms with Gasteiger partial charge < -0.3 is 5.11 Å². The Balaban J connectivity index is 1.69. The van der Waals surface area contributed by atoms with E-state index in [-0.39, 0.29) is 11.3 Å². The smallest absolute Gasteiger partial charge is 0.300 e. The van der Waals surface area contributed by atoms with Gasteiger partial charge in [0.05, 0.1) is 5.57 Å². The third-order valence-corrected chi connectivity index (χ3v) is 7.18. The lowest BCUT2D eigenvalue weighted by atomic mass is 9.89. The lowest BCUT2D eigenvalue weighted by Gasteiger charge is -2.25. The third kappa shape index (κ3) is 3.29. The molecule has 1 fully saturated rings. The lowest BCUT2D eigenvalue weighted by molar-refractivity contribution is -0.132. The van der Waals surface area contributed by atoms with Crippen molar-refractivity contribution in [3.8, 4) is 0 Å². The summed E-state index contributed by atoms with van der Waals surface area (Å²) in [5.41, 5.74) is 4.87. The molecule has 4 nitrogen and oxygen atoms in total. The van der Waals surface area contributed by atoms with Crippen molar-refractivity contribution < 1.29 is 14.7 Å². The number of aliphatic hydroxyl groups is 1. The molecule has 2 heterocycles.